The van der Waals surface area contributed by atoms with Crippen LogP contribution in [-0.2, 0) is 0 Å². The largest absolute Gasteiger partial charge is 0.497 e. The van der Waals surface area contributed by atoms with Gasteiger partial charge in [0.2, 0.25) is 0 Å². The summed E-state index contributed by atoms with van der Waals surface area (Å²) in [6.07, 6.45) is -0.410. The van der Waals surface area contributed by atoms with Crippen LogP contribution in [0.1, 0.15) is 33.5 Å². The monoisotopic (exact) mass is 360 g/mol. The molecule has 0 saturated carbocycles. The maximum Gasteiger partial charge on any atom is 0.178 e. The first-order valence-corrected chi connectivity index (χ1v) is 8.79. The highest BCUT2D eigenvalue weighted by atomic mass is 16.5. The molecule has 1 aliphatic rings. The third-order valence-electron chi connectivity index (χ3n) is 4.91. The summed E-state index contributed by atoms with van der Waals surface area (Å²) in [7, 11) is 3.26. The van der Waals surface area contributed by atoms with Crippen LogP contribution in [-0.4, -0.2) is 20.0 Å². The lowest BCUT2D eigenvalue weighted by Gasteiger charge is -2.33. The molecule has 3 aromatic rings. The molecule has 0 aromatic heterocycles. The molecule has 0 N–H and O–H groups in total. The third kappa shape index (κ3) is 3.14. The molecule has 0 aliphatic carbocycles. The molecule has 0 spiro atoms. The number of fused-ring (bicyclic) bond motifs is 1. The number of ether oxygens (including phenoxy) is 3. The molecule has 0 fully saturated rings. The maximum atomic E-state index is 13.3. The fraction of sp³-hybridized carbons (Fsp3) is 0.174. The Morgan fingerprint density at radius 2 is 1.30 bits per heavy atom. The number of ketones is 1. The number of hydrogen-bond acceptors (Lipinski definition) is 4. The van der Waals surface area contributed by atoms with Crippen molar-refractivity contribution in [1.82, 2.24) is 0 Å². The predicted molar refractivity (Wildman–Crippen MR) is 103 cm³/mol. The second-order valence-corrected chi connectivity index (χ2v) is 6.42. The second kappa shape index (κ2) is 7.16. The Balaban J connectivity index is 1.80. The highest BCUT2D eigenvalue weighted by Gasteiger charge is 2.39. The van der Waals surface area contributed by atoms with Gasteiger partial charge in [0.25, 0.3) is 0 Å². The zero-order valence-electron chi connectivity index (χ0n) is 15.2. The van der Waals surface area contributed by atoms with E-state index in [0.717, 1.165) is 22.6 Å². The minimum atomic E-state index is -0.431. The van der Waals surface area contributed by atoms with Crippen LogP contribution in [0.2, 0.25) is 0 Å². The summed E-state index contributed by atoms with van der Waals surface area (Å²) in [6, 6.07) is 22.6. The first kappa shape index (κ1) is 17.2. The van der Waals surface area contributed by atoms with E-state index < -0.39 is 12.0 Å². The molecule has 0 amide bonds. The minimum Gasteiger partial charge on any atom is -0.497 e. The quantitative estimate of drug-likeness (QED) is 0.670. The average molecular weight is 360 g/mol. The van der Waals surface area contributed by atoms with Crippen LogP contribution in [0.15, 0.2) is 72.8 Å². The summed E-state index contributed by atoms with van der Waals surface area (Å²) >= 11 is 0. The van der Waals surface area contributed by atoms with Crippen molar-refractivity contribution in [1.29, 1.82) is 0 Å². The lowest BCUT2D eigenvalue weighted by Crippen LogP contribution is -2.30. The van der Waals surface area contributed by atoms with Crippen LogP contribution in [0, 0.1) is 0 Å². The lowest BCUT2D eigenvalue weighted by molar-refractivity contribution is 0.0781. The number of Topliss-reactive ketones (excluding diaryl/α,β-unsaturated/α-hetero) is 1. The molecule has 136 valence electrons. The molecule has 3 aromatic carbocycles. The topological polar surface area (TPSA) is 44.8 Å². The van der Waals surface area contributed by atoms with E-state index in [9.17, 15) is 4.79 Å². The fourth-order valence-corrected chi connectivity index (χ4v) is 3.47. The van der Waals surface area contributed by atoms with Crippen molar-refractivity contribution in [2.45, 2.75) is 12.0 Å². The van der Waals surface area contributed by atoms with Gasteiger partial charge in [0, 0.05) is 0 Å². The number of carbonyl (C=O) groups excluding carboxylic acids is 1. The first-order chi connectivity index (χ1) is 13.2. The smallest absolute Gasteiger partial charge is 0.178 e. The summed E-state index contributed by atoms with van der Waals surface area (Å²) < 4.78 is 16.8. The Labute approximate surface area is 158 Å². The van der Waals surface area contributed by atoms with Crippen molar-refractivity contribution < 1.29 is 19.0 Å². The van der Waals surface area contributed by atoms with Gasteiger partial charge >= 0.3 is 0 Å². The first-order valence-electron chi connectivity index (χ1n) is 8.79. The molecule has 0 bridgehead atoms. The number of para-hydroxylation sites is 1. The molecule has 2 atom stereocenters. The fourth-order valence-electron chi connectivity index (χ4n) is 3.47. The summed E-state index contributed by atoms with van der Waals surface area (Å²) in [6.45, 7) is 0. The molecular formula is C23H20O4. The maximum absolute atomic E-state index is 13.3. The lowest BCUT2D eigenvalue weighted by atomic mass is 9.81. The number of hydrogen-bond donors (Lipinski definition) is 0. The van der Waals surface area contributed by atoms with Gasteiger partial charge in [-0.1, -0.05) is 36.4 Å². The summed E-state index contributed by atoms with van der Waals surface area (Å²) in [4.78, 5) is 13.3. The molecule has 0 unspecified atom stereocenters. The third-order valence-corrected chi connectivity index (χ3v) is 4.91. The second-order valence-electron chi connectivity index (χ2n) is 6.42. The van der Waals surface area contributed by atoms with Gasteiger partial charge in [-0.05, 0) is 47.5 Å². The van der Waals surface area contributed by atoms with E-state index >= 15 is 0 Å². The van der Waals surface area contributed by atoms with Crippen molar-refractivity contribution in [2.24, 2.45) is 0 Å². The van der Waals surface area contributed by atoms with Crippen LogP contribution in [0.25, 0.3) is 0 Å². The molecule has 4 rings (SSSR count). The van der Waals surface area contributed by atoms with Crippen molar-refractivity contribution in [3.05, 3.63) is 89.5 Å². The van der Waals surface area contributed by atoms with E-state index in [2.05, 4.69) is 0 Å². The number of rotatable bonds is 4. The van der Waals surface area contributed by atoms with Gasteiger partial charge in [-0.3, -0.25) is 4.79 Å². The molecule has 1 heterocycles. The highest BCUT2D eigenvalue weighted by molar-refractivity contribution is 6.04. The van der Waals surface area contributed by atoms with Gasteiger partial charge in [0.15, 0.2) is 5.78 Å². The van der Waals surface area contributed by atoms with Crippen molar-refractivity contribution >= 4 is 5.78 Å². The molecule has 4 heteroatoms. The van der Waals surface area contributed by atoms with Gasteiger partial charge in [-0.2, -0.15) is 0 Å². The molecule has 0 saturated heterocycles. The van der Waals surface area contributed by atoms with Crippen LogP contribution in [0.3, 0.4) is 0 Å². The van der Waals surface area contributed by atoms with Crippen molar-refractivity contribution in [2.75, 3.05) is 14.2 Å². The Hall–Kier alpha value is -3.27. The Morgan fingerprint density at radius 3 is 1.89 bits per heavy atom. The zero-order chi connectivity index (χ0) is 18.8. The minimum absolute atomic E-state index is 0.0582. The summed E-state index contributed by atoms with van der Waals surface area (Å²) in [5, 5.41) is 0. The number of carbonyl (C=O) groups is 1. The van der Waals surface area contributed by atoms with Crippen LogP contribution < -0.4 is 14.2 Å². The molecule has 1 aliphatic heterocycles. The molecule has 4 nitrogen and oxygen atoms in total. The van der Waals surface area contributed by atoms with E-state index in [4.69, 9.17) is 14.2 Å². The highest BCUT2D eigenvalue weighted by Crippen LogP contribution is 2.44. The Morgan fingerprint density at radius 1 is 0.741 bits per heavy atom. The van der Waals surface area contributed by atoms with Crippen LogP contribution in [0.5, 0.6) is 17.2 Å². The van der Waals surface area contributed by atoms with E-state index in [1.165, 1.54) is 0 Å². The average Bonchev–Trinajstić information content (AvgIpc) is 2.74. The van der Waals surface area contributed by atoms with Gasteiger partial charge in [0.1, 0.15) is 23.4 Å². The van der Waals surface area contributed by atoms with Crippen molar-refractivity contribution in [3.8, 4) is 17.2 Å². The standard InChI is InChI=1S/C23H20O4/c1-25-17-11-7-15(8-12-17)21-22(24)19-5-3-4-6-20(19)27-23(21)16-9-13-18(26-2)14-10-16/h3-14,21,23H,1-2H3/t21-,23+/m1/s1. The van der Waals surface area contributed by atoms with Gasteiger partial charge in [-0.25, -0.2) is 0 Å². The van der Waals surface area contributed by atoms with Gasteiger partial charge < -0.3 is 14.2 Å². The Bertz CT molecular complexity index is 945. The van der Waals surface area contributed by atoms with E-state index in [0.29, 0.717) is 11.3 Å². The number of methoxy groups -OCH3 is 2. The zero-order valence-corrected chi connectivity index (χ0v) is 15.2. The summed E-state index contributed by atoms with van der Waals surface area (Å²) in [5.41, 5.74) is 2.44. The SMILES string of the molecule is COc1ccc([C@@H]2Oc3ccccc3C(=O)[C@H]2c2ccc(OC)cc2)cc1. The van der Waals surface area contributed by atoms with Gasteiger partial charge in [0.05, 0.1) is 25.7 Å². The van der Waals surface area contributed by atoms with E-state index in [-0.39, 0.29) is 5.78 Å². The van der Waals surface area contributed by atoms with Gasteiger partial charge in [-0.15, -0.1) is 0 Å². The molecule has 27 heavy (non-hydrogen) atoms. The van der Waals surface area contributed by atoms with Crippen LogP contribution >= 0.6 is 0 Å². The number of benzene rings is 3. The Kier molecular flexibility index (Phi) is 4.55. The normalized spacial score (nSPS) is 18.4. The summed E-state index contributed by atoms with van der Waals surface area (Å²) in [5.74, 6) is 1.77. The van der Waals surface area contributed by atoms with E-state index in [1.807, 2.05) is 72.8 Å². The van der Waals surface area contributed by atoms with Crippen molar-refractivity contribution in [3.63, 3.8) is 0 Å². The van der Waals surface area contributed by atoms with E-state index in [1.54, 1.807) is 14.2 Å². The molecule has 0 radical (unpaired) electrons. The molecular weight excluding hydrogens is 340 g/mol. The predicted octanol–water partition coefficient (Wildman–Crippen LogP) is 4.80. The van der Waals surface area contributed by atoms with Crippen LogP contribution in [0.4, 0.5) is 0 Å².